The quantitative estimate of drug-likeness (QED) is 0.220. The Morgan fingerprint density at radius 3 is 2.33 bits per heavy atom. The summed E-state index contributed by atoms with van der Waals surface area (Å²) in [7, 11) is 0. The fourth-order valence-electron chi connectivity index (χ4n) is 9.24. The second-order valence-electron chi connectivity index (χ2n) is 16.7. The number of imide groups is 2. The van der Waals surface area contributed by atoms with Gasteiger partial charge in [-0.3, -0.25) is 29.4 Å². The summed E-state index contributed by atoms with van der Waals surface area (Å²) in [6.07, 6.45) is 2.04. The molecule has 5 aliphatic heterocycles. The third kappa shape index (κ3) is 7.05. The van der Waals surface area contributed by atoms with Crippen molar-refractivity contribution in [1.29, 1.82) is 5.26 Å². The van der Waals surface area contributed by atoms with Gasteiger partial charge in [0.2, 0.25) is 17.8 Å². The highest BCUT2D eigenvalue weighted by Gasteiger charge is 2.46. The van der Waals surface area contributed by atoms with Crippen molar-refractivity contribution in [3.63, 3.8) is 0 Å². The van der Waals surface area contributed by atoms with E-state index in [1.54, 1.807) is 24.4 Å². The predicted octanol–water partition coefficient (Wildman–Crippen LogP) is 4.81. The molecule has 6 heterocycles. The first-order chi connectivity index (χ1) is 27.9. The minimum Gasteiger partial charge on any atom is -0.487 e. The zero-order valence-corrected chi connectivity index (χ0v) is 33.1. The molecule has 296 valence electrons. The molecule has 4 fully saturated rings. The van der Waals surface area contributed by atoms with Crippen LogP contribution < -0.4 is 19.9 Å². The van der Waals surface area contributed by atoms with E-state index in [1.807, 2.05) is 48.5 Å². The largest absolute Gasteiger partial charge is 0.487 e. The van der Waals surface area contributed by atoms with Crippen molar-refractivity contribution in [2.45, 2.75) is 44.8 Å². The number of halogens is 1. The van der Waals surface area contributed by atoms with E-state index in [1.165, 1.54) is 0 Å². The van der Waals surface area contributed by atoms with E-state index in [9.17, 15) is 24.4 Å². The third-order valence-corrected chi connectivity index (χ3v) is 12.7. The lowest BCUT2D eigenvalue weighted by Gasteiger charge is -2.43. The first-order valence-corrected chi connectivity index (χ1v) is 20.2. The van der Waals surface area contributed by atoms with Gasteiger partial charge in [0, 0.05) is 80.5 Å². The van der Waals surface area contributed by atoms with Crippen LogP contribution in [0, 0.1) is 29.1 Å². The average molecular weight is 799 g/mol. The van der Waals surface area contributed by atoms with Crippen molar-refractivity contribution in [3.05, 3.63) is 111 Å². The Kier molecular flexibility index (Phi) is 9.65. The lowest BCUT2D eigenvalue weighted by Crippen LogP contribution is -2.54. The van der Waals surface area contributed by atoms with E-state index in [0.717, 1.165) is 84.9 Å². The molecule has 3 unspecified atom stereocenters. The molecule has 4 aromatic rings. The van der Waals surface area contributed by atoms with Crippen LogP contribution in [-0.4, -0.2) is 95.3 Å². The minimum atomic E-state index is -0.968. The van der Waals surface area contributed by atoms with E-state index in [0.29, 0.717) is 46.1 Å². The molecule has 1 aromatic heterocycles. The van der Waals surface area contributed by atoms with Crippen LogP contribution in [0.15, 0.2) is 72.9 Å². The summed E-state index contributed by atoms with van der Waals surface area (Å²) in [6, 6.07) is 21.9. The molecular formula is C44H43ClN8O5. The van der Waals surface area contributed by atoms with Crippen molar-refractivity contribution in [1.82, 2.24) is 25.1 Å². The molecular weight excluding hydrogens is 756 g/mol. The highest BCUT2D eigenvalue weighted by atomic mass is 35.5. The summed E-state index contributed by atoms with van der Waals surface area (Å²) in [5.74, 6) is 1.12. The number of piperidine rings is 1. The topological polar surface area (TPSA) is 152 Å². The number of nitriles is 1. The maximum atomic E-state index is 13.3. The van der Waals surface area contributed by atoms with Crippen LogP contribution in [0.4, 0.5) is 11.6 Å². The summed E-state index contributed by atoms with van der Waals surface area (Å²) >= 11 is 6.30. The Hall–Kier alpha value is -5.84. The van der Waals surface area contributed by atoms with Crippen LogP contribution in [0.2, 0.25) is 5.02 Å². The molecule has 4 amide bonds. The van der Waals surface area contributed by atoms with Crippen molar-refractivity contribution in [3.8, 4) is 11.8 Å². The van der Waals surface area contributed by atoms with Gasteiger partial charge in [-0.1, -0.05) is 37.6 Å². The molecule has 0 saturated carbocycles. The highest BCUT2D eigenvalue weighted by molar-refractivity contribution is 6.30. The third-order valence-electron chi connectivity index (χ3n) is 12.5. The molecule has 3 aromatic carbocycles. The number of rotatable bonds is 10. The number of nitrogens with one attached hydrogen (secondary N) is 1. The number of hydrogen-bond donors (Lipinski definition) is 1. The lowest BCUT2D eigenvalue weighted by atomic mass is 9.78. The van der Waals surface area contributed by atoms with E-state index >= 15 is 0 Å². The summed E-state index contributed by atoms with van der Waals surface area (Å²) in [4.78, 5) is 68.0. The molecule has 14 heteroatoms. The van der Waals surface area contributed by atoms with Crippen molar-refractivity contribution in [2.75, 3.05) is 55.6 Å². The number of carbonyl (C=O) groups excluding carboxylic acids is 4. The number of fused-ring (bicyclic) bond motifs is 2. The van der Waals surface area contributed by atoms with Crippen LogP contribution in [0.1, 0.15) is 69.8 Å². The van der Waals surface area contributed by atoms with Crippen LogP contribution >= 0.6 is 11.6 Å². The van der Waals surface area contributed by atoms with E-state index in [2.05, 4.69) is 44.9 Å². The maximum Gasteiger partial charge on any atom is 0.262 e. The van der Waals surface area contributed by atoms with E-state index < -0.39 is 23.8 Å². The van der Waals surface area contributed by atoms with Gasteiger partial charge in [-0.15, -0.1) is 0 Å². The van der Waals surface area contributed by atoms with Gasteiger partial charge >= 0.3 is 0 Å². The number of aromatic nitrogens is 2. The minimum absolute atomic E-state index is 0.0950. The molecule has 0 spiro atoms. The zero-order chi connectivity index (χ0) is 40.3. The number of anilines is 2. The van der Waals surface area contributed by atoms with Crippen LogP contribution in [0.25, 0.3) is 0 Å². The number of carbonyl (C=O) groups is 4. The van der Waals surface area contributed by atoms with Gasteiger partial charge in [-0.05, 0) is 84.0 Å². The second kappa shape index (κ2) is 14.8. The Balaban J connectivity index is 0.741. The Morgan fingerprint density at radius 2 is 1.60 bits per heavy atom. The normalized spacial score (nSPS) is 22.2. The summed E-state index contributed by atoms with van der Waals surface area (Å²) in [5, 5.41) is 12.2. The molecule has 1 N–H and O–H groups in total. The second-order valence-corrected chi connectivity index (χ2v) is 17.2. The number of ether oxygens (including phenoxy) is 1. The molecule has 3 atom stereocenters. The Labute approximate surface area is 341 Å². The first kappa shape index (κ1) is 37.7. The fourth-order valence-corrected chi connectivity index (χ4v) is 9.48. The molecule has 58 heavy (non-hydrogen) atoms. The van der Waals surface area contributed by atoms with Crippen molar-refractivity contribution >= 4 is 46.9 Å². The number of likely N-dealkylation sites (tertiary alicyclic amines) is 1. The van der Waals surface area contributed by atoms with Gasteiger partial charge in [-0.2, -0.15) is 5.26 Å². The number of nitrogens with zero attached hydrogens (tertiary/aromatic N) is 7. The number of amides is 4. The summed E-state index contributed by atoms with van der Waals surface area (Å²) in [5.41, 5.74) is 4.56. The monoisotopic (exact) mass is 798 g/mol. The molecule has 5 aliphatic rings. The molecule has 13 nitrogen and oxygen atoms in total. The molecule has 0 aliphatic carbocycles. The fraction of sp³-hybridized carbons (Fsp3) is 0.386. The smallest absolute Gasteiger partial charge is 0.262 e. The zero-order valence-electron chi connectivity index (χ0n) is 32.4. The van der Waals surface area contributed by atoms with Gasteiger partial charge in [0.15, 0.2) is 0 Å². The SMILES string of the molecule is CC(C)(c1ccc(OCc2ccnc(N3CC4CN(CC5CN(c6ccc7c(c6)C(=O)N(C6CCC(=O)NC6=O)C7=O)C5)CC4C3)n2)cc1)c1cc(Cl)cc(C#N)c1. The van der Waals surface area contributed by atoms with Gasteiger partial charge in [-0.25, -0.2) is 9.97 Å². The van der Waals surface area contributed by atoms with Gasteiger partial charge in [0.05, 0.1) is 28.5 Å². The predicted molar refractivity (Wildman–Crippen MR) is 216 cm³/mol. The summed E-state index contributed by atoms with van der Waals surface area (Å²) < 4.78 is 6.14. The summed E-state index contributed by atoms with van der Waals surface area (Å²) in [6.45, 7) is 11.2. The molecule has 0 radical (unpaired) electrons. The van der Waals surface area contributed by atoms with Crippen molar-refractivity contribution < 1.29 is 23.9 Å². The molecule has 9 rings (SSSR count). The van der Waals surface area contributed by atoms with Crippen LogP contribution in [-0.2, 0) is 21.6 Å². The lowest BCUT2D eigenvalue weighted by molar-refractivity contribution is -0.136. The van der Waals surface area contributed by atoms with Crippen LogP contribution in [0.5, 0.6) is 5.75 Å². The Bertz CT molecular complexity index is 2360. The first-order valence-electron chi connectivity index (χ1n) is 19.8. The molecule has 0 bridgehead atoms. The maximum absolute atomic E-state index is 13.3. The molecule has 4 saturated heterocycles. The van der Waals surface area contributed by atoms with Gasteiger partial charge in [0.25, 0.3) is 11.8 Å². The number of benzene rings is 3. The highest BCUT2D eigenvalue weighted by Crippen LogP contribution is 2.37. The van der Waals surface area contributed by atoms with Crippen molar-refractivity contribution in [2.24, 2.45) is 17.8 Å². The standard InChI is InChI=1S/C44H43ClN8O5/c1-44(2,31-13-26(17-46)14-32(45)15-31)30-3-6-35(7-4-30)58-25-33-11-12-47-43(48-33)52-23-28-21-50(22-29(28)24-52)18-27-19-51(20-27)34-5-8-36-37(16-34)42(57)53(41(36)56)38-9-10-39(54)49-40(38)55/h3-8,11-16,27-29,38H,9-10,18-25H2,1-2H3,(H,49,54,55). The average Bonchev–Trinajstić information content (AvgIpc) is 3.85. The van der Waals surface area contributed by atoms with Crippen LogP contribution in [0.3, 0.4) is 0 Å². The van der Waals surface area contributed by atoms with E-state index in [4.69, 9.17) is 21.3 Å². The van der Waals surface area contributed by atoms with E-state index in [-0.39, 0.29) is 24.2 Å². The Morgan fingerprint density at radius 1 is 0.862 bits per heavy atom. The van der Waals surface area contributed by atoms with Gasteiger partial charge < -0.3 is 19.4 Å². The number of hydrogen-bond acceptors (Lipinski definition) is 11. The van der Waals surface area contributed by atoms with Gasteiger partial charge in [0.1, 0.15) is 18.4 Å².